The van der Waals surface area contributed by atoms with Gasteiger partial charge in [0.05, 0.1) is 25.5 Å². The zero-order valence-electron chi connectivity index (χ0n) is 13.3. The van der Waals surface area contributed by atoms with Crippen LogP contribution in [0.1, 0.15) is 11.8 Å². The number of morpholine rings is 1. The minimum atomic E-state index is -4.35. The summed E-state index contributed by atoms with van der Waals surface area (Å²) in [6, 6.07) is 5.96. The molecule has 1 aromatic carbocycles. The summed E-state index contributed by atoms with van der Waals surface area (Å²) in [5.74, 6) is -1.69. The van der Waals surface area contributed by atoms with Crippen molar-refractivity contribution in [2.24, 2.45) is 0 Å². The Morgan fingerprint density at radius 3 is 2.40 bits per heavy atom. The molecule has 1 aromatic heterocycles. The predicted octanol–water partition coefficient (Wildman–Crippen LogP) is 1.91. The van der Waals surface area contributed by atoms with E-state index in [1.807, 2.05) is 4.90 Å². The highest BCUT2D eigenvalue weighted by Gasteiger charge is 2.29. The Morgan fingerprint density at radius 2 is 1.80 bits per heavy atom. The third-order valence-electron chi connectivity index (χ3n) is 4.01. The molecule has 9 heteroatoms. The van der Waals surface area contributed by atoms with Gasteiger partial charge in [0.15, 0.2) is 4.90 Å². The van der Waals surface area contributed by atoms with E-state index in [-0.39, 0.29) is 6.54 Å². The topological polar surface area (TPSA) is 71.8 Å². The van der Waals surface area contributed by atoms with Gasteiger partial charge in [0.2, 0.25) is 10.0 Å². The molecule has 6 nitrogen and oxygen atoms in total. The van der Waals surface area contributed by atoms with E-state index in [4.69, 9.17) is 9.15 Å². The molecule has 0 spiro atoms. The van der Waals surface area contributed by atoms with Crippen molar-refractivity contribution >= 4 is 10.0 Å². The fraction of sp³-hybridized carbons (Fsp3) is 0.375. The van der Waals surface area contributed by atoms with E-state index < -0.39 is 32.6 Å². The SMILES string of the molecule is O=S(=O)(NCC(c1ccco1)N1CCOCC1)c1c(F)cccc1F. The number of hydrogen-bond donors (Lipinski definition) is 1. The normalized spacial score (nSPS) is 17.5. The summed E-state index contributed by atoms with van der Waals surface area (Å²) in [4.78, 5) is 1.03. The molecule has 1 fully saturated rings. The number of hydrogen-bond acceptors (Lipinski definition) is 5. The van der Waals surface area contributed by atoms with Crippen molar-refractivity contribution in [3.05, 3.63) is 54.0 Å². The molecule has 0 radical (unpaired) electrons. The van der Waals surface area contributed by atoms with Crippen LogP contribution in [-0.2, 0) is 14.8 Å². The molecule has 1 aliphatic heterocycles. The quantitative estimate of drug-likeness (QED) is 0.839. The van der Waals surface area contributed by atoms with E-state index >= 15 is 0 Å². The summed E-state index contributed by atoms with van der Waals surface area (Å²) in [5.41, 5.74) is 0. The van der Waals surface area contributed by atoms with Crippen molar-refractivity contribution in [2.75, 3.05) is 32.8 Å². The molecule has 0 amide bonds. The van der Waals surface area contributed by atoms with E-state index in [0.717, 1.165) is 18.2 Å². The van der Waals surface area contributed by atoms with Crippen LogP contribution in [0.25, 0.3) is 0 Å². The van der Waals surface area contributed by atoms with Crippen molar-refractivity contribution in [1.29, 1.82) is 0 Å². The molecular formula is C16H18F2N2O4S. The average molecular weight is 372 g/mol. The highest BCUT2D eigenvalue weighted by molar-refractivity contribution is 7.89. The zero-order chi connectivity index (χ0) is 17.9. The fourth-order valence-electron chi connectivity index (χ4n) is 2.78. The van der Waals surface area contributed by atoms with Crippen molar-refractivity contribution in [2.45, 2.75) is 10.9 Å². The lowest BCUT2D eigenvalue weighted by Gasteiger charge is -2.33. The van der Waals surface area contributed by atoms with Gasteiger partial charge in [-0.05, 0) is 24.3 Å². The molecule has 136 valence electrons. The van der Waals surface area contributed by atoms with Gasteiger partial charge in [0, 0.05) is 19.6 Å². The number of sulfonamides is 1. The average Bonchev–Trinajstić information content (AvgIpc) is 3.10. The Kier molecular flexibility index (Phi) is 5.48. The van der Waals surface area contributed by atoms with Gasteiger partial charge in [-0.1, -0.05) is 6.07 Å². The van der Waals surface area contributed by atoms with E-state index in [1.165, 1.54) is 6.26 Å². The van der Waals surface area contributed by atoms with Crippen LogP contribution in [-0.4, -0.2) is 46.2 Å². The van der Waals surface area contributed by atoms with Crippen LogP contribution in [0.4, 0.5) is 8.78 Å². The van der Waals surface area contributed by atoms with Crippen LogP contribution in [0.5, 0.6) is 0 Å². The lowest BCUT2D eigenvalue weighted by Crippen LogP contribution is -2.43. The van der Waals surface area contributed by atoms with Crippen molar-refractivity contribution < 1.29 is 26.4 Å². The minimum absolute atomic E-state index is 0.0797. The molecule has 1 aliphatic rings. The van der Waals surface area contributed by atoms with E-state index in [2.05, 4.69) is 4.72 Å². The van der Waals surface area contributed by atoms with Gasteiger partial charge in [0.25, 0.3) is 0 Å². The molecule has 2 heterocycles. The maximum Gasteiger partial charge on any atom is 0.246 e. The molecule has 1 atom stereocenters. The Hall–Kier alpha value is -1.81. The van der Waals surface area contributed by atoms with Gasteiger partial charge >= 0.3 is 0 Å². The smallest absolute Gasteiger partial charge is 0.246 e. The third-order valence-corrected chi connectivity index (χ3v) is 5.49. The van der Waals surface area contributed by atoms with Gasteiger partial charge in [-0.2, -0.15) is 0 Å². The number of ether oxygens (including phenoxy) is 1. The maximum atomic E-state index is 13.8. The van der Waals surface area contributed by atoms with Crippen LogP contribution >= 0.6 is 0 Å². The molecule has 1 N–H and O–H groups in total. The molecule has 0 saturated carbocycles. The molecule has 1 unspecified atom stereocenters. The second-order valence-electron chi connectivity index (χ2n) is 5.58. The summed E-state index contributed by atoms with van der Waals surface area (Å²) >= 11 is 0. The van der Waals surface area contributed by atoms with Crippen molar-refractivity contribution in [3.63, 3.8) is 0 Å². The highest BCUT2D eigenvalue weighted by Crippen LogP contribution is 2.23. The second-order valence-corrected chi connectivity index (χ2v) is 7.29. The number of rotatable bonds is 6. The number of nitrogens with zero attached hydrogens (tertiary/aromatic N) is 1. The van der Waals surface area contributed by atoms with E-state index in [1.54, 1.807) is 12.1 Å². The van der Waals surface area contributed by atoms with Crippen LogP contribution in [0.2, 0.25) is 0 Å². The minimum Gasteiger partial charge on any atom is -0.468 e. The Labute approximate surface area is 144 Å². The number of furan rings is 1. The molecule has 2 aromatic rings. The van der Waals surface area contributed by atoms with Gasteiger partial charge < -0.3 is 9.15 Å². The van der Waals surface area contributed by atoms with E-state index in [0.29, 0.717) is 32.1 Å². The summed E-state index contributed by atoms with van der Waals surface area (Å²) in [5, 5.41) is 0. The van der Waals surface area contributed by atoms with E-state index in [9.17, 15) is 17.2 Å². The van der Waals surface area contributed by atoms with Gasteiger partial charge in [-0.25, -0.2) is 21.9 Å². The predicted molar refractivity (Wildman–Crippen MR) is 85.4 cm³/mol. The molecule has 1 saturated heterocycles. The van der Waals surface area contributed by atoms with Crippen LogP contribution in [0, 0.1) is 11.6 Å². The number of nitrogens with one attached hydrogen (secondary N) is 1. The lowest BCUT2D eigenvalue weighted by atomic mass is 10.2. The summed E-state index contributed by atoms with van der Waals surface area (Å²) < 4.78 is 65.3. The summed E-state index contributed by atoms with van der Waals surface area (Å²) in [6.07, 6.45) is 1.49. The molecule has 0 bridgehead atoms. The van der Waals surface area contributed by atoms with Gasteiger partial charge in [0.1, 0.15) is 17.4 Å². The van der Waals surface area contributed by atoms with Gasteiger partial charge in [-0.15, -0.1) is 0 Å². The summed E-state index contributed by atoms with van der Waals surface area (Å²) in [6.45, 7) is 2.16. The second kappa shape index (κ2) is 7.61. The standard InChI is InChI=1S/C16H18F2N2O4S/c17-12-3-1-4-13(18)16(12)25(21,22)19-11-14(15-5-2-8-24-15)20-6-9-23-10-7-20/h1-5,8,14,19H,6-7,9-11H2. The fourth-order valence-corrected chi connectivity index (χ4v) is 3.95. The molecule has 0 aliphatic carbocycles. The zero-order valence-corrected chi connectivity index (χ0v) is 14.1. The first kappa shape index (κ1) is 18.0. The van der Waals surface area contributed by atoms with Crippen LogP contribution in [0.15, 0.2) is 45.9 Å². The van der Waals surface area contributed by atoms with Crippen LogP contribution < -0.4 is 4.72 Å². The largest absolute Gasteiger partial charge is 0.468 e. The monoisotopic (exact) mass is 372 g/mol. The number of benzene rings is 1. The van der Waals surface area contributed by atoms with Crippen molar-refractivity contribution in [3.8, 4) is 0 Å². The Bertz CT molecular complexity index is 785. The summed E-state index contributed by atoms with van der Waals surface area (Å²) in [7, 11) is -4.35. The molecule has 3 rings (SSSR count). The third kappa shape index (κ3) is 4.06. The first-order valence-corrected chi connectivity index (χ1v) is 9.26. The molecular weight excluding hydrogens is 354 g/mol. The maximum absolute atomic E-state index is 13.8. The lowest BCUT2D eigenvalue weighted by molar-refractivity contribution is 0.0128. The van der Waals surface area contributed by atoms with Gasteiger partial charge in [-0.3, -0.25) is 4.90 Å². The number of halogens is 2. The molecule has 25 heavy (non-hydrogen) atoms. The Morgan fingerprint density at radius 1 is 1.12 bits per heavy atom. The highest BCUT2D eigenvalue weighted by atomic mass is 32.2. The van der Waals surface area contributed by atoms with Crippen molar-refractivity contribution in [1.82, 2.24) is 9.62 Å². The Balaban J connectivity index is 1.81. The van der Waals surface area contributed by atoms with Crippen LogP contribution in [0.3, 0.4) is 0 Å². The first-order chi connectivity index (χ1) is 12.0. The first-order valence-electron chi connectivity index (χ1n) is 7.78.